The van der Waals surface area contributed by atoms with E-state index >= 15 is 0 Å². The molecular weight excluding hydrogens is 388 g/mol. The van der Waals surface area contributed by atoms with E-state index in [9.17, 15) is 0 Å². The van der Waals surface area contributed by atoms with Crippen LogP contribution in [-0.4, -0.2) is 69.2 Å². The Bertz CT molecular complexity index is 1170. The molecule has 0 unspecified atom stereocenters. The minimum absolute atomic E-state index is 0.685. The summed E-state index contributed by atoms with van der Waals surface area (Å²) in [4.78, 5) is 9.28. The lowest BCUT2D eigenvalue weighted by atomic mass is 10.1. The summed E-state index contributed by atoms with van der Waals surface area (Å²) >= 11 is 0. The van der Waals surface area contributed by atoms with Gasteiger partial charge < -0.3 is 24.3 Å². The number of para-hydroxylation sites is 1. The van der Waals surface area contributed by atoms with Crippen LogP contribution in [0.25, 0.3) is 33.0 Å². The summed E-state index contributed by atoms with van der Waals surface area (Å²) in [5.41, 5.74) is 4.49. The lowest BCUT2D eigenvalue weighted by Gasteiger charge is -2.12. The second-order valence-electron chi connectivity index (χ2n) is 8.53. The molecule has 2 aromatic heterocycles. The number of anilines is 1. The maximum Gasteiger partial charge on any atom is 0.177 e. The van der Waals surface area contributed by atoms with Crippen molar-refractivity contribution in [3.63, 3.8) is 0 Å². The molecule has 6 nitrogen and oxygen atoms in total. The molecule has 2 aromatic carbocycles. The van der Waals surface area contributed by atoms with Crippen LogP contribution < -0.4 is 10.1 Å². The fourth-order valence-corrected chi connectivity index (χ4v) is 3.81. The van der Waals surface area contributed by atoms with Gasteiger partial charge in [0.25, 0.3) is 0 Å². The highest BCUT2D eigenvalue weighted by Crippen LogP contribution is 2.38. The predicted octanol–water partition coefficient (Wildman–Crippen LogP) is 4.83. The molecule has 0 aliphatic carbocycles. The largest absolute Gasteiger partial charge is 0.493 e. The lowest BCUT2D eigenvalue weighted by molar-refractivity contribution is 0.281. The first kappa shape index (κ1) is 21.4. The highest BCUT2D eigenvalue weighted by molar-refractivity contribution is 6.13. The van der Waals surface area contributed by atoms with Crippen molar-refractivity contribution >= 4 is 38.7 Å². The van der Waals surface area contributed by atoms with Gasteiger partial charge in [-0.1, -0.05) is 18.2 Å². The molecule has 2 heterocycles. The van der Waals surface area contributed by atoms with E-state index in [1.165, 1.54) is 0 Å². The Balaban J connectivity index is 1.67. The summed E-state index contributed by atoms with van der Waals surface area (Å²) in [6.07, 6.45) is 2.04. The maximum absolute atomic E-state index is 6.33. The number of pyridine rings is 1. The molecule has 0 saturated heterocycles. The van der Waals surface area contributed by atoms with Gasteiger partial charge in [0, 0.05) is 29.9 Å². The third-order valence-corrected chi connectivity index (χ3v) is 5.37. The van der Waals surface area contributed by atoms with Crippen LogP contribution in [0, 0.1) is 0 Å². The van der Waals surface area contributed by atoms with Gasteiger partial charge in [0.2, 0.25) is 0 Å². The SMILES string of the molecule is CN(C)CCCNc1c2ccccc2nc2c1oc1cc(OCCCN(C)C)ccc12. The molecule has 31 heavy (non-hydrogen) atoms. The second-order valence-corrected chi connectivity index (χ2v) is 8.53. The van der Waals surface area contributed by atoms with Crippen molar-refractivity contribution in [2.24, 2.45) is 0 Å². The first-order chi connectivity index (χ1) is 15.0. The number of furan rings is 1. The number of fused-ring (bicyclic) bond motifs is 4. The summed E-state index contributed by atoms with van der Waals surface area (Å²) in [5, 5.41) is 5.71. The summed E-state index contributed by atoms with van der Waals surface area (Å²) in [7, 11) is 8.34. The van der Waals surface area contributed by atoms with Crippen molar-refractivity contribution in [2.45, 2.75) is 12.8 Å². The van der Waals surface area contributed by atoms with Gasteiger partial charge in [-0.3, -0.25) is 0 Å². The van der Waals surface area contributed by atoms with E-state index in [0.29, 0.717) is 6.61 Å². The molecule has 164 valence electrons. The second kappa shape index (κ2) is 9.54. The molecule has 1 N–H and O–H groups in total. The first-order valence-electron chi connectivity index (χ1n) is 10.9. The van der Waals surface area contributed by atoms with Gasteiger partial charge in [0.05, 0.1) is 17.8 Å². The van der Waals surface area contributed by atoms with E-state index in [4.69, 9.17) is 14.1 Å². The van der Waals surface area contributed by atoms with Gasteiger partial charge in [-0.15, -0.1) is 0 Å². The fourth-order valence-electron chi connectivity index (χ4n) is 3.81. The Morgan fingerprint density at radius 1 is 0.935 bits per heavy atom. The molecule has 0 spiro atoms. The van der Waals surface area contributed by atoms with E-state index in [1.54, 1.807) is 0 Å². The normalized spacial score (nSPS) is 11.9. The van der Waals surface area contributed by atoms with Crippen LogP contribution in [0.5, 0.6) is 5.75 Å². The highest BCUT2D eigenvalue weighted by Gasteiger charge is 2.16. The Kier molecular flexibility index (Phi) is 6.59. The van der Waals surface area contributed by atoms with Crippen molar-refractivity contribution in [1.29, 1.82) is 0 Å². The van der Waals surface area contributed by atoms with E-state index in [-0.39, 0.29) is 0 Å². The number of nitrogens with one attached hydrogen (secondary N) is 1. The standard InChI is InChI=1S/C25H32N4O2/c1-28(2)14-7-13-26-23-19-9-5-6-10-21(19)27-24-20-12-11-18(17-22(20)31-25(23)24)30-16-8-15-29(3)4/h5-6,9-12,17H,7-8,13-16H2,1-4H3,(H,26,27). The molecule has 0 bridgehead atoms. The number of rotatable bonds is 10. The Morgan fingerprint density at radius 2 is 1.71 bits per heavy atom. The Morgan fingerprint density at radius 3 is 2.52 bits per heavy atom. The predicted molar refractivity (Wildman–Crippen MR) is 129 cm³/mol. The topological polar surface area (TPSA) is 53.8 Å². The van der Waals surface area contributed by atoms with Crippen molar-refractivity contribution in [3.05, 3.63) is 42.5 Å². The molecule has 0 amide bonds. The van der Waals surface area contributed by atoms with Crippen molar-refractivity contribution < 1.29 is 9.15 Å². The third-order valence-electron chi connectivity index (χ3n) is 5.37. The molecule has 4 rings (SSSR count). The average molecular weight is 421 g/mol. The van der Waals surface area contributed by atoms with Gasteiger partial charge in [0.1, 0.15) is 16.8 Å². The zero-order valence-electron chi connectivity index (χ0n) is 18.9. The minimum atomic E-state index is 0.685. The summed E-state index contributed by atoms with van der Waals surface area (Å²) in [6, 6.07) is 14.3. The van der Waals surface area contributed by atoms with Crippen LogP contribution >= 0.6 is 0 Å². The summed E-state index contributed by atoms with van der Waals surface area (Å²) < 4.78 is 12.3. The zero-order valence-corrected chi connectivity index (χ0v) is 18.9. The van der Waals surface area contributed by atoms with E-state index in [1.807, 2.05) is 24.3 Å². The quantitative estimate of drug-likeness (QED) is 0.371. The van der Waals surface area contributed by atoms with E-state index < -0.39 is 0 Å². The summed E-state index contributed by atoms with van der Waals surface area (Å²) in [5.74, 6) is 0.829. The molecule has 6 heteroatoms. The Hall–Kier alpha value is -2.83. The van der Waals surface area contributed by atoms with E-state index in [0.717, 1.165) is 76.9 Å². The molecule has 0 fully saturated rings. The van der Waals surface area contributed by atoms with Crippen LogP contribution in [0.1, 0.15) is 12.8 Å². The van der Waals surface area contributed by atoms with Crippen molar-refractivity contribution in [2.75, 3.05) is 59.7 Å². The molecule has 4 aromatic rings. The van der Waals surface area contributed by atoms with Crippen molar-refractivity contribution in [1.82, 2.24) is 14.8 Å². The Labute approximate surface area is 183 Å². The molecule has 0 aliphatic rings. The molecule has 0 saturated carbocycles. The van der Waals surface area contributed by atoms with Gasteiger partial charge in [-0.2, -0.15) is 0 Å². The average Bonchev–Trinajstić information content (AvgIpc) is 3.10. The van der Waals surface area contributed by atoms with Crippen LogP contribution in [0.2, 0.25) is 0 Å². The molecule has 0 atom stereocenters. The van der Waals surface area contributed by atoms with Crippen LogP contribution in [-0.2, 0) is 0 Å². The van der Waals surface area contributed by atoms with Crippen LogP contribution in [0.4, 0.5) is 5.69 Å². The number of ether oxygens (including phenoxy) is 1. The first-order valence-corrected chi connectivity index (χ1v) is 10.9. The number of hydrogen-bond acceptors (Lipinski definition) is 6. The number of nitrogens with zero attached hydrogens (tertiary/aromatic N) is 3. The van der Waals surface area contributed by atoms with Gasteiger partial charge in [-0.25, -0.2) is 4.98 Å². The lowest BCUT2D eigenvalue weighted by Crippen LogP contribution is -2.16. The van der Waals surface area contributed by atoms with Gasteiger partial charge in [0.15, 0.2) is 5.58 Å². The third kappa shape index (κ3) is 4.92. The monoisotopic (exact) mass is 420 g/mol. The molecular formula is C25H32N4O2. The molecule has 0 radical (unpaired) electrons. The number of aromatic nitrogens is 1. The van der Waals surface area contributed by atoms with E-state index in [2.05, 4.69) is 61.5 Å². The van der Waals surface area contributed by atoms with Gasteiger partial charge in [-0.05, 0) is 65.8 Å². The van der Waals surface area contributed by atoms with Crippen molar-refractivity contribution in [3.8, 4) is 5.75 Å². The van der Waals surface area contributed by atoms with Crippen LogP contribution in [0.15, 0.2) is 46.9 Å². The number of hydrogen-bond donors (Lipinski definition) is 1. The van der Waals surface area contributed by atoms with Crippen LogP contribution in [0.3, 0.4) is 0 Å². The number of benzene rings is 2. The van der Waals surface area contributed by atoms with Gasteiger partial charge >= 0.3 is 0 Å². The smallest absolute Gasteiger partial charge is 0.177 e. The highest BCUT2D eigenvalue weighted by atomic mass is 16.5. The fraction of sp³-hybridized carbons (Fsp3) is 0.400. The minimum Gasteiger partial charge on any atom is -0.493 e. The molecule has 0 aliphatic heterocycles. The summed E-state index contributed by atoms with van der Waals surface area (Å²) in [6.45, 7) is 3.60. The maximum atomic E-state index is 6.33. The zero-order chi connectivity index (χ0) is 21.8.